The van der Waals surface area contributed by atoms with Gasteiger partial charge in [0.25, 0.3) is 0 Å². The minimum atomic E-state index is -0.710. The van der Waals surface area contributed by atoms with E-state index in [1.807, 2.05) is 0 Å². The van der Waals surface area contributed by atoms with Crippen LogP contribution in [0.15, 0.2) is 0 Å². The first-order valence-corrected chi connectivity index (χ1v) is 4.68. The summed E-state index contributed by atoms with van der Waals surface area (Å²) in [7, 11) is 0. The molecule has 4 heteroatoms. The third-order valence-electron chi connectivity index (χ3n) is 1.66. The van der Waals surface area contributed by atoms with E-state index in [9.17, 15) is 4.79 Å². The molecule has 0 aromatic carbocycles. The standard InChI is InChI=1S/C9H20N2O2/c1-7(2)6-8(3)11-4-5-13-9(10)12/h7-8,11H,4-6H2,1-3H3,(H2,10,12). The molecule has 0 fully saturated rings. The zero-order valence-corrected chi connectivity index (χ0v) is 8.67. The van der Waals surface area contributed by atoms with Gasteiger partial charge in [0, 0.05) is 12.6 Å². The van der Waals surface area contributed by atoms with Gasteiger partial charge in [-0.05, 0) is 19.3 Å². The van der Waals surface area contributed by atoms with Crippen molar-refractivity contribution in [3.8, 4) is 0 Å². The molecule has 0 bridgehead atoms. The summed E-state index contributed by atoms with van der Waals surface area (Å²) in [5, 5.41) is 3.24. The summed E-state index contributed by atoms with van der Waals surface area (Å²) >= 11 is 0. The minimum absolute atomic E-state index is 0.345. The summed E-state index contributed by atoms with van der Waals surface area (Å²) in [5.74, 6) is 0.680. The number of hydrogen-bond acceptors (Lipinski definition) is 3. The maximum atomic E-state index is 10.2. The summed E-state index contributed by atoms with van der Waals surface area (Å²) in [6.45, 7) is 7.48. The average molecular weight is 188 g/mol. The van der Waals surface area contributed by atoms with Gasteiger partial charge in [0.05, 0.1) is 0 Å². The molecule has 4 nitrogen and oxygen atoms in total. The van der Waals surface area contributed by atoms with Crippen LogP contribution < -0.4 is 11.1 Å². The first-order chi connectivity index (χ1) is 6.02. The molecule has 13 heavy (non-hydrogen) atoms. The smallest absolute Gasteiger partial charge is 0.404 e. The molecule has 0 radical (unpaired) electrons. The van der Waals surface area contributed by atoms with Crippen LogP contribution in [0.25, 0.3) is 0 Å². The average Bonchev–Trinajstić information content (AvgIpc) is 1.96. The predicted molar refractivity (Wildman–Crippen MR) is 52.5 cm³/mol. The van der Waals surface area contributed by atoms with Gasteiger partial charge in [-0.25, -0.2) is 4.79 Å². The molecule has 78 valence electrons. The molecule has 3 N–H and O–H groups in total. The number of primary amides is 1. The SMILES string of the molecule is CC(C)CC(C)NCCOC(N)=O. The molecule has 0 aromatic heterocycles. The third-order valence-corrected chi connectivity index (χ3v) is 1.66. The summed E-state index contributed by atoms with van der Waals surface area (Å²) in [6, 6.07) is 0.455. The highest BCUT2D eigenvalue weighted by Gasteiger charge is 2.03. The van der Waals surface area contributed by atoms with Crippen LogP contribution in [0.3, 0.4) is 0 Å². The quantitative estimate of drug-likeness (QED) is 0.614. The second kappa shape index (κ2) is 6.71. The van der Waals surface area contributed by atoms with E-state index in [0.717, 1.165) is 6.42 Å². The highest BCUT2D eigenvalue weighted by molar-refractivity contribution is 5.64. The molecule has 0 aliphatic rings. The number of nitrogens with two attached hydrogens (primary N) is 1. The second-order valence-corrected chi connectivity index (χ2v) is 3.65. The van der Waals surface area contributed by atoms with E-state index in [1.54, 1.807) is 0 Å². The van der Waals surface area contributed by atoms with Crippen LogP contribution in [0, 0.1) is 5.92 Å². The molecule has 0 spiro atoms. The maximum Gasteiger partial charge on any atom is 0.404 e. The number of hydrogen-bond donors (Lipinski definition) is 2. The number of amides is 1. The van der Waals surface area contributed by atoms with Crippen molar-refractivity contribution in [1.29, 1.82) is 0 Å². The van der Waals surface area contributed by atoms with Crippen molar-refractivity contribution in [3.63, 3.8) is 0 Å². The van der Waals surface area contributed by atoms with E-state index in [0.29, 0.717) is 25.1 Å². The van der Waals surface area contributed by atoms with Crippen molar-refractivity contribution in [3.05, 3.63) is 0 Å². The largest absolute Gasteiger partial charge is 0.448 e. The zero-order chi connectivity index (χ0) is 10.3. The fraction of sp³-hybridized carbons (Fsp3) is 0.889. The zero-order valence-electron chi connectivity index (χ0n) is 8.67. The highest BCUT2D eigenvalue weighted by atomic mass is 16.5. The third kappa shape index (κ3) is 9.14. The Labute approximate surface area is 79.8 Å². The molecule has 1 atom stereocenters. The fourth-order valence-electron chi connectivity index (χ4n) is 1.25. The van der Waals surface area contributed by atoms with E-state index in [4.69, 9.17) is 5.73 Å². The molecule has 0 heterocycles. The van der Waals surface area contributed by atoms with Crippen LogP contribution in [0.2, 0.25) is 0 Å². The number of carbonyl (C=O) groups excluding carboxylic acids is 1. The van der Waals surface area contributed by atoms with E-state index >= 15 is 0 Å². The first-order valence-electron chi connectivity index (χ1n) is 4.68. The van der Waals surface area contributed by atoms with E-state index in [2.05, 4.69) is 30.8 Å². The van der Waals surface area contributed by atoms with Crippen molar-refractivity contribution >= 4 is 6.09 Å². The molecule has 0 saturated carbocycles. The lowest BCUT2D eigenvalue weighted by atomic mass is 10.1. The molecule has 0 aromatic rings. The van der Waals surface area contributed by atoms with Gasteiger partial charge in [0.15, 0.2) is 0 Å². The van der Waals surface area contributed by atoms with Gasteiger partial charge >= 0.3 is 6.09 Å². The summed E-state index contributed by atoms with van der Waals surface area (Å²) < 4.78 is 4.57. The Hall–Kier alpha value is -0.770. The molecular formula is C9H20N2O2. The van der Waals surface area contributed by atoms with Crippen LogP contribution in [-0.2, 0) is 4.74 Å². The predicted octanol–water partition coefficient (Wildman–Crippen LogP) is 1.11. The maximum absolute atomic E-state index is 10.2. The molecule has 0 saturated heterocycles. The lowest BCUT2D eigenvalue weighted by Crippen LogP contribution is -2.31. The normalized spacial score (nSPS) is 12.9. The van der Waals surface area contributed by atoms with Crippen LogP contribution in [-0.4, -0.2) is 25.3 Å². The van der Waals surface area contributed by atoms with Crippen molar-refractivity contribution in [2.24, 2.45) is 11.7 Å². The highest BCUT2D eigenvalue weighted by Crippen LogP contribution is 2.02. The Morgan fingerprint density at radius 2 is 2.08 bits per heavy atom. The fourth-order valence-corrected chi connectivity index (χ4v) is 1.25. The lowest BCUT2D eigenvalue weighted by molar-refractivity contribution is 0.156. The van der Waals surface area contributed by atoms with Gasteiger partial charge in [-0.3, -0.25) is 0 Å². The van der Waals surface area contributed by atoms with Crippen molar-refractivity contribution < 1.29 is 9.53 Å². The Bertz CT molecular complexity index is 149. The van der Waals surface area contributed by atoms with Gasteiger partial charge in [-0.1, -0.05) is 13.8 Å². The molecule has 0 aliphatic carbocycles. The van der Waals surface area contributed by atoms with Gasteiger partial charge in [0.1, 0.15) is 6.61 Å². The van der Waals surface area contributed by atoms with E-state index in [1.165, 1.54) is 0 Å². The number of carbonyl (C=O) groups is 1. The number of rotatable bonds is 6. The van der Waals surface area contributed by atoms with Gasteiger partial charge < -0.3 is 15.8 Å². The lowest BCUT2D eigenvalue weighted by Gasteiger charge is -2.15. The molecule has 1 unspecified atom stereocenters. The topological polar surface area (TPSA) is 64.3 Å². The minimum Gasteiger partial charge on any atom is -0.448 e. The van der Waals surface area contributed by atoms with Crippen LogP contribution in [0.4, 0.5) is 4.79 Å². The Morgan fingerprint density at radius 1 is 1.46 bits per heavy atom. The first kappa shape index (κ1) is 12.2. The summed E-state index contributed by atoms with van der Waals surface area (Å²) in [4.78, 5) is 10.2. The van der Waals surface area contributed by atoms with Gasteiger partial charge in [-0.2, -0.15) is 0 Å². The van der Waals surface area contributed by atoms with Gasteiger partial charge in [-0.15, -0.1) is 0 Å². The molecule has 0 aliphatic heterocycles. The van der Waals surface area contributed by atoms with Crippen LogP contribution >= 0.6 is 0 Å². The van der Waals surface area contributed by atoms with Crippen molar-refractivity contribution in [2.45, 2.75) is 33.2 Å². The molecule has 0 rings (SSSR count). The monoisotopic (exact) mass is 188 g/mol. The number of nitrogens with one attached hydrogen (secondary N) is 1. The van der Waals surface area contributed by atoms with Crippen molar-refractivity contribution in [1.82, 2.24) is 5.32 Å². The Balaban J connectivity index is 3.26. The Morgan fingerprint density at radius 3 is 2.54 bits per heavy atom. The summed E-state index contributed by atoms with van der Waals surface area (Å²) in [5.41, 5.74) is 4.80. The molecular weight excluding hydrogens is 168 g/mol. The van der Waals surface area contributed by atoms with Gasteiger partial charge in [0.2, 0.25) is 0 Å². The summed E-state index contributed by atoms with van der Waals surface area (Å²) in [6.07, 6.45) is 0.412. The van der Waals surface area contributed by atoms with Crippen molar-refractivity contribution in [2.75, 3.05) is 13.2 Å². The molecule has 1 amide bonds. The van der Waals surface area contributed by atoms with Crippen LogP contribution in [0.5, 0.6) is 0 Å². The number of ether oxygens (including phenoxy) is 1. The van der Waals surface area contributed by atoms with Crippen LogP contribution in [0.1, 0.15) is 27.2 Å². The van der Waals surface area contributed by atoms with E-state index in [-0.39, 0.29) is 0 Å². The second-order valence-electron chi connectivity index (χ2n) is 3.65. The Kier molecular flexibility index (Phi) is 6.32. The van der Waals surface area contributed by atoms with E-state index < -0.39 is 6.09 Å².